The number of thiazole rings is 1. The van der Waals surface area contributed by atoms with Gasteiger partial charge in [0.05, 0.1) is 4.70 Å². The average molecular weight is 423 g/mol. The molecule has 2 fully saturated rings. The Balaban J connectivity index is 1.23. The number of hydrogen-bond acceptors (Lipinski definition) is 6. The van der Waals surface area contributed by atoms with E-state index >= 15 is 0 Å². The van der Waals surface area contributed by atoms with Gasteiger partial charge in [0.1, 0.15) is 5.75 Å². The van der Waals surface area contributed by atoms with Crippen LogP contribution in [0.5, 0.6) is 10.9 Å². The Morgan fingerprint density at radius 3 is 2.60 bits per heavy atom. The second-order valence-electron chi connectivity index (χ2n) is 8.43. The molecular formula is C23H26N4O2S. The summed E-state index contributed by atoms with van der Waals surface area (Å²) < 4.78 is 7.05. The predicted octanol–water partition coefficient (Wildman–Crippen LogP) is 4.42. The molecular weight excluding hydrogens is 396 g/mol. The minimum Gasteiger partial charge on any atom is -0.431 e. The minimum atomic E-state index is 0.0857. The monoisotopic (exact) mass is 422 g/mol. The van der Waals surface area contributed by atoms with E-state index in [9.17, 15) is 4.79 Å². The number of rotatable bonds is 5. The maximum atomic E-state index is 11.4. The summed E-state index contributed by atoms with van der Waals surface area (Å²) in [6.45, 7) is 4.63. The average Bonchev–Trinajstić information content (AvgIpc) is 3.21. The molecule has 2 aromatic heterocycles. The molecule has 3 aromatic rings. The van der Waals surface area contributed by atoms with E-state index in [1.807, 2.05) is 18.2 Å². The molecule has 1 N–H and O–H groups in total. The third kappa shape index (κ3) is 3.91. The van der Waals surface area contributed by atoms with Crippen molar-refractivity contribution in [3.05, 3.63) is 47.7 Å². The number of carbonyl (C=O) groups excluding carboxylic acids is 1. The molecule has 2 aliphatic rings. The number of pyridine rings is 1. The van der Waals surface area contributed by atoms with Crippen LogP contribution in [0.15, 0.2) is 36.5 Å². The fraction of sp³-hybridized carbons (Fsp3) is 0.435. The van der Waals surface area contributed by atoms with Crippen molar-refractivity contribution in [2.45, 2.75) is 64.2 Å². The summed E-state index contributed by atoms with van der Waals surface area (Å²) in [6.07, 6.45) is 6.35. The number of hydrogen-bond donors (Lipinski definition) is 1. The van der Waals surface area contributed by atoms with Crippen molar-refractivity contribution in [2.24, 2.45) is 0 Å². The lowest BCUT2D eigenvalue weighted by molar-refractivity contribution is -0.120. The first kappa shape index (κ1) is 19.5. The van der Waals surface area contributed by atoms with Crippen LogP contribution in [0.3, 0.4) is 0 Å². The van der Waals surface area contributed by atoms with Crippen LogP contribution < -0.4 is 10.1 Å². The van der Waals surface area contributed by atoms with Crippen LogP contribution in [0.4, 0.5) is 0 Å². The Morgan fingerprint density at radius 1 is 1.20 bits per heavy atom. The van der Waals surface area contributed by atoms with Gasteiger partial charge in [-0.25, -0.2) is 4.98 Å². The molecule has 30 heavy (non-hydrogen) atoms. The molecule has 1 aromatic carbocycles. The maximum Gasteiger partial charge on any atom is 0.281 e. The number of ether oxygens (including phenoxy) is 1. The number of nitrogens with zero attached hydrogens (tertiary/aromatic N) is 3. The Bertz CT molecular complexity index is 1050. The van der Waals surface area contributed by atoms with Crippen molar-refractivity contribution in [3.63, 3.8) is 0 Å². The third-order valence-electron chi connectivity index (χ3n) is 6.25. The molecule has 0 spiro atoms. The van der Waals surface area contributed by atoms with E-state index in [1.54, 1.807) is 13.1 Å². The first-order valence-electron chi connectivity index (χ1n) is 10.6. The molecule has 5 rings (SSSR count). The Kier molecular flexibility index (Phi) is 5.16. The van der Waals surface area contributed by atoms with E-state index in [0.29, 0.717) is 23.3 Å². The molecule has 0 aliphatic carbocycles. The molecule has 3 atom stereocenters. The molecule has 0 radical (unpaired) electrons. The second-order valence-corrected chi connectivity index (χ2v) is 9.39. The van der Waals surface area contributed by atoms with E-state index in [1.165, 1.54) is 35.3 Å². The van der Waals surface area contributed by atoms with Crippen LogP contribution >= 0.6 is 11.3 Å². The van der Waals surface area contributed by atoms with Crippen molar-refractivity contribution in [2.75, 3.05) is 0 Å². The molecule has 156 valence electrons. The number of benzene rings is 1. The van der Waals surface area contributed by atoms with E-state index in [0.717, 1.165) is 35.5 Å². The van der Waals surface area contributed by atoms with Crippen molar-refractivity contribution in [1.82, 2.24) is 20.2 Å². The molecule has 1 amide bonds. The number of nitrogens with one attached hydrogen (secondary N) is 1. The van der Waals surface area contributed by atoms with Crippen molar-refractivity contribution in [1.29, 1.82) is 0 Å². The number of aryl methyl sites for hydroxylation is 1. The van der Waals surface area contributed by atoms with Gasteiger partial charge in [-0.3, -0.25) is 9.69 Å². The maximum absolute atomic E-state index is 11.4. The van der Waals surface area contributed by atoms with Crippen molar-refractivity contribution < 1.29 is 9.53 Å². The number of carbonyl (C=O) groups is 1. The van der Waals surface area contributed by atoms with E-state index in [4.69, 9.17) is 4.74 Å². The predicted molar refractivity (Wildman–Crippen MR) is 118 cm³/mol. The van der Waals surface area contributed by atoms with Gasteiger partial charge in [0, 0.05) is 37.8 Å². The molecule has 2 aliphatic heterocycles. The third-order valence-corrected chi connectivity index (χ3v) is 7.31. The summed E-state index contributed by atoms with van der Waals surface area (Å²) in [5, 5.41) is 3.74. The Labute approximate surface area is 180 Å². The fourth-order valence-electron chi connectivity index (χ4n) is 4.89. The van der Waals surface area contributed by atoms with E-state index in [-0.39, 0.29) is 5.91 Å². The number of fused-ring (bicyclic) bond motifs is 3. The van der Waals surface area contributed by atoms with Gasteiger partial charge in [-0.1, -0.05) is 23.5 Å². The van der Waals surface area contributed by atoms with Gasteiger partial charge in [-0.05, 0) is 61.9 Å². The largest absolute Gasteiger partial charge is 0.431 e. The number of piperidine rings is 1. The van der Waals surface area contributed by atoms with Crippen LogP contribution in [0.1, 0.15) is 43.7 Å². The summed E-state index contributed by atoms with van der Waals surface area (Å²) in [7, 11) is 0. The van der Waals surface area contributed by atoms with E-state index in [2.05, 4.69) is 39.2 Å². The molecule has 7 heteroatoms. The van der Waals surface area contributed by atoms with Gasteiger partial charge in [0.15, 0.2) is 5.65 Å². The molecule has 2 saturated heterocycles. The standard InChI is InChI=1S/C23H26N4O2S/c1-14-9-10-24-22-21(14)30-23(26-22)29-20-7-3-16(4-8-20)13-27-18-5-6-19(27)12-17(11-18)25-15(2)28/h3-4,7-10,17-19H,5-6,11-13H2,1-2H3,(H,25,28)/t17?,18-,19+. The van der Waals surface area contributed by atoms with Crippen LogP contribution in [-0.4, -0.2) is 38.9 Å². The van der Waals surface area contributed by atoms with Crippen LogP contribution in [0.2, 0.25) is 0 Å². The Hall–Kier alpha value is -2.51. The first-order chi connectivity index (χ1) is 14.5. The Morgan fingerprint density at radius 2 is 1.93 bits per heavy atom. The molecule has 1 unspecified atom stereocenters. The molecule has 6 nitrogen and oxygen atoms in total. The van der Waals surface area contributed by atoms with E-state index < -0.39 is 0 Å². The number of aromatic nitrogens is 2. The normalized spacial score (nSPS) is 23.6. The summed E-state index contributed by atoms with van der Waals surface area (Å²) in [5.74, 6) is 0.880. The molecule has 4 heterocycles. The van der Waals surface area contributed by atoms with Gasteiger partial charge in [-0.2, -0.15) is 4.98 Å². The summed E-state index contributed by atoms with van der Waals surface area (Å²) in [5.41, 5.74) is 3.20. The number of amides is 1. The van der Waals surface area contributed by atoms with Gasteiger partial charge < -0.3 is 10.1 Å². The van der Waals surface area contributed by atoms with Crippen molar-refractivity contribution in [3.8, 4) is 10.9 Å². The smallest absolute Gasteiger partial charge is 0.281 e. The van der Waals surface area contributed by atoms with Gasteiger partial charge in [-0.15, -0.1) is 0 Å². The lowest BCUT2D eigenvalue weighted by atomic mass is 9.96. The minimum absolute atomic E-state index is 0.0857. The topological polar surface area (TPSA) is 67.4 Å². The quantitative estimate of drug-likeness (QED) is 0.659. The zero-order valence-electron chi connectivity index (χ0n) is 17.3. The molecule has 2 bridgehead atoms. The van der Waals surface area contributed by atoms with Gasteiger partial charge in [0.2, 0.25) is 5.91 Å². The van der Waals surface area contributed by atoms with Crippen LogP contribution in [0, 0.1) is 6.92 Å². The van der Waals surface area contributed by atoms with Gasteiger partial charge in [0.25, 0.3) is 5.19 Å². The highest BCUT2D eigenvalue weighted by atomic mass is 32.1. The first-order valence-corrected chi connectivity index (χ1v) is 11.4. The zero-order chi connectivity index (χ0) is 20.7. The summed E-state index contributed by atoms with van der Waals surface area (Å²) in [4.78, 5) is 22.8. The highest BCUT2D eigenvalue weighted by molar-refractivity contribution is 7.20. The highest BCUT2D eigenvalue weighted by Gasteiger charge is 2.40. The SMILES string of the molecule is CC(=O)NC1C[C@H]2CC[C@@H](C1)N2Cc1ccc(Oc2nc3nccc(C)c3s2)cc1. The summed E-state index contributed by atoms with van der Waals surface area (Å²) in [6, 6.07) is 11.8. The lowest BCUT2D eigenvalue weighted by Gasteiger charge is -2.39. The van der Waals surface area contributed by atoms with Crippen LogP contribution in [-0.2, 0) is 11.3 Å². The fourth-order valence-corrected chi connectivity index (χ4v) is 5.75. The van der Waals surface area contributed by atoms with Crippen molar-refractivity contribution >= 4 is 27.6 Å². The molecule has 0 saturated carbocycles. The second kappa shape index (κ2) is 7.96. The zero-order valence-corrected chi connectivity index (χ0v) is 18.1. The highest BCUT2D eigenvalue weighted by Crippen LogP contribution is 2.37. The van der Waals surface area contributed by atoms with Gasteiger partial charge >= 0.3 is 0 Å². The summed E-state index contributed by atoms with van der Waals surface area (Å²) >= 11 is 1.53. The van der Waals surface area contributed by atoms with Crippen LogP contribution in [0.25, 0.3) is 10.3 Å². The lowest BCUT2D eigenvalue weighted by Crippen LogP contribution is -2.49.